The molecule has 5 nitrogen and oxygen atoms in total. The Kier molecular flexibility index (Phi) is 5.73. The fourth-order valence-corrected chi connectivity index (χ4v) is 2.60. The molecule has 1 aliphatic rings. The molecule has 0 bridgehead atoms. The molecule has 1 atom stereocenters. The van der Waals surface area contributed by atoms with Crippen LogP contribution in [-0.4, -0.2) is 66.8 Å². The van der Waals surface area contributed by atoms with E-state index in [2.05, 4.69) is 4.90 Å². The number of carbonyl (C=O) groups is 1. The second-order valence-electron chi connectivity index (χ2n) is 5.57. The summed E-state index contributed by atoms with van der Waals surface area (Å²) in [6.07, 6.45) is -0.319. The average molecular weight is 292 g/mol. The highest BCUT2D eigenvalue weighted by atomic mass is 16.5. The third kappa shape index (κ3) is 4.52. The molecule has 1 aromatic carbocycles. The van der Waals surface area contributed by atoms with Crippen molar-refractivity contribution in [2.24, 2.45) is 0 Å². The van der Waals surface area contributed by atoms with Crippen LogP contribution in [0.25, 0.3) is 0 Å². The predicted octanol–water partition coefficient (Wildman–Crippen LogP) is 0.972. The lowest BCUT2D eigenvalue weighted by molar-refractivity contribution is 0.0554. The normalized spacial score (nSPS) is 17.8. The average Bonchev–Trinajstić information content (AvgIpc) is 2.48. The van der Waals surface area contributed by atoms with Crippen molar-refractivity contribution in [3.63, 3.8) is 0 Å². The van der Waals surface area contributed by atoms with Gasteiger partial charge in [-0.3, -0.25) is 9.69 Å². The van der Waals surface area contributed by atoms with Gasteiger partial charge in [-0.25, -0.2) is 0 Å². The molecule has 5 heteroatoms. The number of amides is 1. The van der Waals surface area contributed by atoms with Gasteiger partial charge in [-0.1, -0.05) is 12.1 Å². The van der Waals surface area contributed by atoms with E-state index in [0.29, 0.717) is 26.2 Å². The molecule has 21 heavy (non-hydrogen) atoms. The van der Waals surface area contributed by atoms with Gasteiger partial charge in [0.05, 0.1) is 12.7 Å². The van der Waals surface area contributed by atoms with Crippen LogP contribution in [0, 0.1) is 0 Å². The topological polar surface area (TPSA) is 53.0 Å². The molecule has 1 aromatic rings. The Morgan fingerprint density at radius 2 is 1.86 bits per heavy atom. The first-order valence-electron chi connectivity index (χ1n) is 7.37. The molecule has 0 radical (unpaired) electrons. The molecular formula is C16H24N2O3. The molecule has 0 spiro atoms. The molecule has 1 fully saturated rings. The van der Waals surface area contributed by atoms with Gasteiger partial charge in [0.25, 0.3) is 5.91 Å². The Hall–Kier alpha value is -1.43. The maximum atomic E-state index is 12.4. The number of aliphatic hydroxyl groups excluding tert-OH is 1. The Morgan fingerprint density at radius 3 is 2.38 bits per heavy atom. The van der Waals surface area contributed by atoms with Gasteiger partial charge in [-0.15, -0.1) is 0 Å². The summed E-state index contributed by atoms with van der Waals surface area (Å²) < 4.78 is 5.07. The second-order valence-corrected chi connectivity index (χ2v) is 5.57. The summed E-state index contributed by atoms with van der Waals surface area (Å²) in [5.41, 5.74) is 1.79. The number of ether oxygens (including phenoxy) is 1. The van der Waals surface area contributed by atoms with E-state index in [-0.39, 0.29) is 12.0 Å². The standard InChI is InChI=1S/C16H24N2O3/c1-13(19)11-17-7-9-18(10-8-17)16(20)15-5-3-14(4-6-15)12-21-2/h3-6,13,19H,7-12H2,1-2H3/t13-/m1/s1. The number of benzene rings is 1. The molecule has 116 valence electrons. The van der Waals surface area contributed by atoms with Crippen LogP contribution in [0.15, 0.2) is 24.3 Å². The third-order valence-electron chi connectivity index (χ3n) is 3.69. The second kappa shape index (κ2) is 7.54. The Balaban J connectivity index is 1.89. The minimum Gasteiger partial charge on any atom is -0.392 e. The minimum absolute atomic E-state index is 0.0793. The van der Waals surface area contributed by atoms with Crippen molar-refractivity contribution in [3.05, 3.63) is 35.4 Å². The van der Waals surface area contributed by atoms with Gasteiger partial charge >= 0.3 is 0 Å². The molecule has 0 saturated carbocycles. The Labute approximate surface area is 126 Å². The van der Waals surface area contributed by atoms with Crippen LogP contribution in [0.2, 0.25) is 0 Å². The van der Waals surface area contributed by atoms with Crippen molar-refractivity contribution in [1.82, 2.24) is 9.80 Å². The van der Waals surface area contributed by atoms with Gasteiger partial charge in [-0.2, -0.15) is 0 Å². The van der Waals surface area contributed by atoms with Crippen LogP contribution >= 0.6 is 0 Å². The third-order valence-corrected chi connectivity index (χ3v) is 3.69. The SMILES string of the molecule is COCc1ccc(C(=O)N2CCN(C[C@@H](C)O)CC2)cc1. The molecule has 1 saturated heterocycles. The zero-order valence-electron chi connectivity index (χ0n) is 12.8. The van der Waals surface area contributed by atoms with Gasteiger partial charge in [-0.05, 0) is 24.6 Å². The summed E-state index contributed by atoms with van der Waals surface area (Å²) in [4.78, 5) is 16.5. The van der Waals surface area contributed by atoms with E-state index in [0.717, 1.165) is 24.2 Å². The smallest absolute Gasteiger partial charge is 0.253 e. The Bertz CT molecular complexity index is 451. The van der Waals surface area contributed by atoms with E-state index in [1.807, 2.05) is 29.2 Å². The van der Waals surface area contributed by atoms with Crippen molar-refractivity contribution in [2.45, 2.75) is 19.6 Å². The highest BCUT2D eigenvalue weighted by Gasteiger charge is 2.22. The van der Waals surface area contributed by atoms with Crippen LogP contribution in [0.4, 0.5) is 0 Å². The highest BCUT2D eigenvalue weighted by Crippen LogP contribution is 2.11. The van der Waals surface area contributed by atoms with Gasteiger partial charge in [0.15, 0.2) is 0 Å². The van der Waals surface area contributed by atoms with Gasteiger partial charge in [0.2, 0.25) is 0 Å². The molecule has 0 aromatic heterocycles. The van der Waals surface area contributed by atoms with Crippen molar-refractivity contribution in [2.75, 3.05) is 39.8 Å². The van der Waals surface area contributed by atoms with Gasteiger partial charge < -0.3 is 14.7 Å². The van der Waals surface area contributed by atoms with Crippen LogP contribution in [0.3, 0.4) is 0 Å². The molecule has 0 aliphatic carbocycles. The van der Waals surface area contributed by atoms with E-state index in [4.69, 9.17) is 4.74 Å². The minimum atomic E-state index is -0.319. The number of β-amino-alcohol motifs (C(OH)–C–C–N with tert-alkyl or cyclic N) is 1. The summed E-state index contributed by atoms with van der Waals surface area (Å²) in [5, 5.41) is 9.39. The van der Waals surface area contributed by atoms with Crippen LogP contribution in [0.5, 0.6) is 0 Å². The largest absolute Gasteiger partial charge is 0.392 e. The zero-order chi connectivity index (χ0) is 15.2. The van der Waals surface area contributed by atoms with Crippen molar-refractivity contribution in [1.29, 1.82) is 0 Å². The summed E-state index contributed by atoms with van der Waals surface area (Å²) in [5.74, 6) is 0.0793. The fourth-order valence-electron chi connectivity index (χ4n) is 2.60. The highest BCUT2D eigenvalue weighted by molar-refractivity contribution is 5.94. The number of nitrogens with zero attached hydrogens (tertiary/aromatic N) is 2. The van der Waals surface area contributed by atoms with E-state index in [9.17, 15) is 9.90 Å². The number of carbonyl (C=O) groups excluding carboxylic acids is 1. The number of hydrogen-bond acceptors (Lipinski definition) is 4. The summed E-state index contributed by atoms with van der Waals surface area (Å²) >= 11 is 0. The number of piperazine rings is 1. The number of methoxy groups -OCH3 is 1. The molecule has 1 aliphatic heterocycles. The van der Waals surface area contributed by atoms with Crippen molar-refractivity contribution < 1.29 is 14.6 Å². The first-order valence-corrected chi connectivity index (χ1v) is 7.37. The van der Waals surface area contributed by atoms with Crippen molar-refractivity contribution >= 4 is 5.91 Å². The van der Waals surface area contributed by atoms with Crippen molar-refractivity contribution in [3.8, 4) is 0 Å². The lowest BCUT2D eigenvalue weighted by atomic mass is 10.1. The van der Waals surface area contributed by atoms with E-state index in [1.54, 1.807) is 14.0 Å². The lowest BCUT2D eigenvalue weighted by Gasteiger charge is -2.35. The molecule has 1 heterocycles. The maximum absolute atomic E-state index is 12.4. The first-order chi connectivity index (χ1) is 10.1. The molecule has 1 amide bonds. The van der Waals surface area contributed by atoms with E-state index >= 15 is 0 Å². The quantitative estimate of drug-likeness (QED) is 0.879. The molecule has 1 N–H and O–H groups in total. The first kappa shape index (κ1) is 15.9. The Morgan fingerprint density at radius 1 is 1.24 bits per heavy atom. The molecular weight excluding hydrogens is 268 g/mol. The summed E-state index contributed by atoms with van der Waals surface area (Å²) in [7, 11) is 1.66. The van der Waals surface area contributed by atoms with E-state index < -0.39 is 0 Å². The van der Waals surface area contributed by atoms with Gasteiger partial charge in [0, 0.05) is 45.4 Å². The van der Waals surface area contributed by atoms with Crippen LogP contribution in [0.1, 0.15) is 22.8 Å². The number of rotatable bonds is 5. The fraction of sp³-hybridized carbons (Fsp3) is 0.562. The number of aliphatic hydroxyl groups is 1. The monoisotopic (exact) mass is 292 g/mol. The van der Waals surface area contributed by atoms with Crippen LogP contribution < -0.4 is 0 Å². The molecule has 0 unspecified atom stereocenters. The summed E-state index contributed by atoms with van der Waals surface area (Å²) in [6.45, 7) is 6.09. The zero-order valence-corrected chi connectivity index (χ0v) is 12.8. The molecule has 2 rings (SSSR count). The van der Waals surface area contributed by atoms with Gasteiger partial charge in [0.1, 0.15) is 0 Å². The predicted molar refractivity (Wildman–Crippen MR) is 81.2 cm³/mol. The summed E-state index contributed by atoms with van der Waals surface area (Å²) in [6, 6.07) is 7.58. The number of hydrogen-bond donors (Lipinski definition) is 1. The van der Waals surface area contributed by atoms with E-state index in [1.165, 1.54) is 0 Å². The maximum Gasteiger partial charge on any atom is 0.253 e. The lowest BCUT2D eigenvalue weighted by Crippen LogP contribution is -2.50. The van der Waals surface area contributed by atoms with Crippen LogP contribution in [-0.2, 0) is 11.3 Å².